The normalized spacial score (nSPS) is 28.4. The molecule has 122 valence electrons. The highest BCUT2D eigenvalue weighted by Crippen LogP contribution is 2.51. The Morgan fingerprint density at radius 2 is 1.70 bits per heavy atom. The van der Waals surface area contributed by atoms with Crippen LogP contribution in [0.4, 0.5) is 5.69 Å². The first-order chi connectivity index (χ1) is 10.9. The summed E-state index contributed by atoms with van der Waals surface area (Å²) < 4.78 is 0. The molecule has 1 atom stereocenters. The third-order valence-electron chi connectivity index (χ3n) is 6.12. The standard InChI is InChI=1S/C20H25NO2/c1-19(2)12-17(22)20(18(23)13-19)11-14-7-3-4-8-15(14)21-10-6-5-9-16(20)21/h3-4,7-8,16H,5-6,9-13H2,1-2H3. The van der Waals surface area contributed by atoms with Gasteiger partial charge in [-0.2, -0.15) is 0 Å². The Morgan fingerprint density at radius 3 is 2.43 bits per heavy atom. The van der Waals surface area contributed by atoms with Gasteiger partial charge in [-0.15, -0.1) is 0 Å². The number of anilines is 1. The van der Waals surface area contributed by atoms with E-state index in [1.54, 1.807) is 0 Å². The Kier molecular flexibility index (Phi) is 3.20. The number of hydrogen-bond acceptors (Lipinski definition) is 3. The molecule has 1 saturated carbocycles. The van der Waals surface area contributed by atoms with Gasteiger partial charge in [-0.1, -0.05) is 32.0 Å². The molecule has 0 aromatic heterocycles. The summed E-state index contributed by atoms with van der Waals surface area (Å²) in [4.78, 5) is 28.8. The van der Waals surface area contributed by atoms with Gasteiger partial charge in [-0.25, -0.2) is 0 Å². The second kappa shape index (κ2) is 4.93. The third-order valence-corrected chi connectivity index (χ3v) is 6.12. The highest BCUT2D eigenvalue weighted by atomic mass is 16.2. The molecule has 3 heteroatoms. The van der Waals surface area contributed by atoms with Gasteiger partial charge in [0.2, 0.25) is 0 Å². The molecule has 1 spiro atoms. The van der Waals surface area contributed by atoms with E-state index in [4.69, 9.17) is 0 Å². The zero-order valence-corrected chi connectivity index (χ0v) is 14.1. The van der Waals surface area contributed by atoms with Gasteiger partial charge in [-0.05, 0) is 42.7 Å². The number of para-hydroxylation sites is 1. The molecule has 0 radical (unpaired) electrons. The third kappa shape index (κ3) is 2.09. The molecule has 0 bridgehead atoms. The lowest BCUT2D eigenvalue weighted by Gasteiger charge is -2.54. The van der Waals surface area contributed by atoms with Gasteiger partial charge in [0.25, 0.3) is 0 Å². The van der Waals surface area contributed by atoms with E-state index in [1.807, 2.05) is 19.9 Å². The number of fused-ring (bicyclic) bond motifs is 4. The van der Waals surface area contributed by atoms with E-state index < -0.39 is 5.41 Å². The van der Waals surface area contributed by atoms with E-state index in [1.165, 1.54) is 11.3 Å². The minimum atomic E-state index is -0.787. The molecule has 1 unspecified atom stereocenters. The zero-order chi connectivity index (χ0) is 16.2. The first-order valence-corrected chi connectivity index (χ1v) is 8.85. The molecule has 2 heterocycles. The second-order valence-corrected chi connectivity index (χ2v) is 8.35. The Morgan fingerprint density at radius 1 is 1.00 bits per heavy atom. The second-order valence-electron chi connectivity index (χ2n) is 8.35. The van der Waals surface area contributed by atoms with Crippen molar-refractivity contribution in [3.05, 3.63) is 29.8 Å². The summed E-state index contributed by atoms with van der Waals surface area (Å²) in [6.07, 6.45) is 4.91. The van der Waals surface area contributed by atoms with Gasteiger partial charge in [-0.3, -0.25) is 9.59 Å². The molecular weight excluding hydrogens is 286 g/mol. The summed E-state index contributed by atoms with van der Waals surface area (Å²) in [5.41, 5.74) is 1.44. The molecule has 3 aliphatic rings. The predicted octanol–water partition coefficient (Wildman–Crippen LogP) is 3.55. The van der Waals surface area contributed by atoms with Gasteiger partial charge >= 0.3 is 0 Å². The van der Waals surface area contributed by atoms with E-state index in [2.05, 4.69) is 23.1 Å². The number of rotatable bonds is 0. The molecule has 0 N–H and O–H groups in total. The fourth-order valence-corrected chi connectivity index (χ4v) is 5.06. The molecular formula is C20H25NO2. The van der Waals surface area contributed by atoms with Crippen LogP contribution in [0.15, 0.2) is 24.3 Å². The van der Waals surface area contributed by atoms with Crippen LogP contribution < -0.4 is 4.90 Å². The lowest BCUT2D eigenvalue weighted by Crippen LogP contribution is -2.64. The van der Waals surface area contributed by atoms with Crippen LogP contribution >= 0.6 is 0 Å². The number of hydrogen-bond donors (Lipinski definition) is 0. The Labute approximate surface area is 138 Å². The maximum Gasteiger partial charge on any atom is 0.149 e. The fraction of sp³-hybridized carbons (Fsp3) is 0.600. The largest absolute Gasteiger partial charge is 0.367 e. The zero-order valence-electron chi connectivity index (χ0n) is 14.1. The van der Waals surface area contributed by atoms with Crippen LogP contribution in [0.5, 0.6) is 0 Å². The molecule has 2 aliphatic heterocycles. The highest BCUT2D eigenvalue weighted by molar-refractivity contribution is 6.11. The van der Waals surface area contributed by atoms with Crippen molar-refractivity contribution in [1.82, 2.24) is 0 Å². The molecule has 2 fully saturated rings. The van der Waals surface area contributed by atoms with Crippen molar-refractivity contribution in [2.24, 2.45) is 10.8 Å². The summed E-state index contributed by atoms with van der Waals surface area (Å²) in [6, 6.07) is 8.42. The SMILES string of the molecule is CC1(C)CC(=O)C2(Cc3ccccc3N3CCCCC32)C(=O)C1. The van der Waals surface area contributed by atoms with Crippen LogP contribution in [-0.4, -0.2) is 24.2 Å². The lowest BCUT2D eigenvalue weighted by atomic mass is 9.55. The lowest BCUT2D eigenvalue weighted by molar-refractivity contribution is -0.150. The molecule has 4 rings (SSSR count). The number of Topliss-reactive ketones (excluding diaryl/α,β-unsaturated/α-hetero) is 2. The number of benzene rings is 1. The van der Waals surface area contributed by atoms with Gasteiger partial charge in [0.05, 0.1) is 0 Å². The van der Waals surface area contributed by atoms with Crippen LogP contribution in [0.1, 0.15) is 51.5 Å². The topological polar surface area (TPSA) is 37.4 Å². The van der Waals surface area contributed by atoms with Crippen LogP contribution in [0.25, 0.3) is 0 Å². The summed E-state index contributed by atoms with van der Waals surface area (Å²) in [6.45, 7) is 5.06. The summed E-state index contributed by atoms with van der Waals surface area (Å²) in [5, 5.41) is 0. The summed E-state index contributed by atoms with van der Waals surface area (Å²) >= 11 is 0. The van der Waals surface area contributed by atoms with Crippen LogP contribution in [0.2, 0.25) is 0 Å². The Bertz CT molecular complexity index is 656. The van der Waals surface area contributed by atoms with E-state index in [9.17, 15) is 9.59 Å². The predicted molar refractivity (Wildman–Crippen MR) is 90.6 cm³/mol. The van der Waals surface area contributed by atoms with Crippen molar-refractivity contribution in [2.45, 2.75) is 58.4 Å². The van der Waals surface area contributed by atoms with Gasteiger partial charge in [0, 0.05) is 31.1 Å². The number of carbonyl (C=O) groups excluding carboxylic acids is 2. The average Bonchev–Trinajstić information content (AvgIpc) is 2.51. The smallest absolute Gasteiger partial charge is 0.149 e. The van der Waals surface area contributed by atoms with E-state index in [0.29, 0.717) is 19.3 Å². The molecule has 0 amide bonds. The Balaban J connectivity index is 1.85. The first-order valence-electron chi connectivity index (χ1n) is 8.85. The maximum absolute atomic E-state index is 13.2. The molecule has 1 saturated heterocycles. The van der Waals surface area contributed by atoms with Gasteiger partial charge < -0.3 is 4.90 Å². The van der Waals surface area contributed by atoms with Crippen molar-refractivity contribution in [1.29, 1.82) is 0 Å². The Hall–Kier alpha value is -1.64. The van der Waals surface area contributed by atoms with E-state index in [0.717, 1.165) is 25.8 Å². The maximum atomic E-state index is 13.2. The van der Waals surface area contributed by atoms with Gasteiger partial charge in [0.15, 0.2) is 0 Å². The summed E-state index contributed by atoms with van der Waals surface area (Å²) in [7, 11) is 0. The van der Waals surface area contributed by atoms with E-state index >= 15 is 0 Å². The van der Waals surface area contributed by atoms with Crippen molar-refractivity contribution < 1.29 is 9.59 Å². The quantitative estimate of drug-likeness (QED) is 0.688. The van der Waals surface area contributed by atoms with Gasteiger partial charge in [0.1, 0.15) is 17.0 Å². The van der Waals surface area contributed by atoms with Crippen LogP contribution in [0, 0.1) is 10.8 Å². The summed E-state index contributed by atoms with van der Waals surface area (Å²) in [5.74, 6) is 0.371. The van der Waals surface area contributed by atoms with Crippen LogP contribution in [-0.2, 0) is 16.0 Å². The minimum absolute atomic E-state index is 0.0715. The number of nitrogens with zero attached hydrogens (tertiary/aromatic N) is 1. The van der Waals surface area contributed by atoms with Crippen molar-refractivity contribution >= 4 is 17.3 Å². The number of piperidine rings is 1. The van der Waals surface area contributed by atoms with Crippen molar-refractivity contribution in [3.8, 4) is 0 Å². The number of ketones is 2. The fourth-order valence-electron chi connectivity index (χ4n) is 5.06. The monoisotopic (exact) mass is 311 g/mol. The van der Waals surface area contributed by atoms with Crippen molar-refractivity contribution in [2.75, 3.05) is 11.4 Å². The molecule has 1 aromatic carbocycles. The molecule has 1 aromatic rings. The molecule has 1 aliphatic carbocycles. The molecule has 3 nitrogen and oxygen atoms in total. The number of carbonyl (C=O) groups is 2. The van der Waals surface area contributed by atoms with Crippen LogP contribution in [0.3, 0.4) is 0 Å². The molecule has 23 heavy (non-hydrogen) atoms. The first kappa shape index (κ1) is 14.9. The average molecular weight is 311 g/mol. The minimum Gasteiger partial charge on any atom is -0.367 e. The highest BCUT2D eigenvalue weighted by Gasteiger charge is 2.59. The van der Waals surface area contributed by atoms with Crippen molar-refractivity contribution in [3.63, 3.8) is 0 Å². The van der Waals surface area contributed by atoms with E-state index in [-0.39, 0.29) is 23.0 Å².